The van der Waals surface area contributed by atoms with Crippen molar-refractivity contribution in [2.75, 3.05) is 6.54 Å². The maximum atomic E-state index is 12.7. The van der Waals surface area contributed by atoms with E-state index in [1.54, 1.807) is 24.3 Å². The highest BCUT2D eigenvalue weighted by molar-refractivity contribution is 6.34. The molecular formula is C27H26ClN3O6. The molecule has 0 aliphatic heterocycles. The molecule has 0 aromatic heterocycles. The van der Waals surface area contributed by atoms with Gasteiger partial charge in [0.1, 0.15) is 11.8 Å². The zero-order valence-corrected chi connectivity index (χ0v) is 20.9. The van der Waals surface area contributed by atoms with E-state index in [0.717, 1.165) is 11.1 Å². The Kier molecular flexibility index (Phi) is 8.86. The fraction of sp³-hybridized carbons (Fsp3) is 0.185. The molecule has 9 nitrogen and oxygen atoms in total. The first-order valence-corrected chi connectivity index (χ1v) is 11.7. The van der Waals surface area contributed by atoms with Crippen LogP contribution >= 0.6 is 11.6 Å². The summed E-state index contributed by atoms with van der Waals surface area (Å²) in [6.07, 6.45) is 0. The SMILES string of the molecule is Cc1cc(C)cc(C(=O)NC[C@H](NC(=O)c2ccc(C(=O)NCc3cccc(O)c3)cc2Cl)C(=O)O)c1. The van der Waals surface area contributed by atoms with Gasteiger partial charge in [0.15, 0.2) is 0 Å². The number of hydrogen-bond acceptors (Lipinski definition) is 5. The van der Waals surface area contributed by atoms with Crippen molar-refractivity contribution >= 4 is 35.3 Å². The second kappa shape index (κ2) is 12.0. The predicted molar refractivity (Wildman–Crippen MR) is 138 cm³/mol. The number of aromatic hydroxyl groups is 1. The van der Waals surface area contributed by atoms with Crippen LogP contribution in [0.2, 0.25) is 5.02 Å². The quantitative estimate of drug-likeness (QED) is 0.291. The van der Waals surface area contributed by atoms with Crippen LogP contribution in [0.1, 0.15) is 47.8 Å². The lowest BCUT2D eigenvalue weighted by atomic mass is 10.1. The summed E-state index contributed by atoms with van der Waals surface area (Å²) in [6.45, 7) is 3.51. The number of carboxylic acid groups (broad SMARTS) is 1. The number of nitrogens with one attached hydrogen (secondary N) is 3. The topological polar surface area (TPSA) is 145 Å². The summed E-state index contributed by atoms with van der Waals surface area (Å²) in [5.74, 6) is -2.95. The van der Waals surface area contributed by atoms with Crippen LogP contribution in [0.3, 0.4) is 0 Å². The lowest BCUT2D eigenvalue weighted by Gasteiger charge is -2.16. The van der Waals surface area contributed by atoms with Crippen LogP contribution in [0.15, 0.2) is 60.7 Å². The highest BCUT2D eigenvalue weighted by atomic mass is 35.5. The van der Waals surface area contributed by atoms with Crippen molar-refractivity contribution < 1.29 is 29.4 Å². The number of hydrogen-bond donors (Lipinski definition) is 5. The minimum absolute atomic E-state index is 0.0296. The zero-order chi connectivity index (χ0) is 27.1. The van der Waals surface area contributed by atoms with Gasteiger partial charge in [-0.3, -0.25) is 14.4 Å². The molecule has 3 aromatic carbocycles. The number of rotatable bonds is 9. The fourth-order valence-corrected chi connectivity index (χ4v) is 3.90. The highest BCUT2D eigenvalue weighted by Gasteiger charge is 2.23. The molecule has 37 heavy (non-hydrogen) atoms. The molecule has 0 bridgehead atoms. The van der Waals surface area contributed by atoms with Crippen LogP contribution in [-0.2, 0) is 11.3 Å². The molecule has 0 radical (unpaired) electrons. The van der Waals surface area contributed by atoms with Crippen molar-refractivity contribution in [3.8, 4) is 5.75 Å². The van der Waals surface area contributed by atoms with Gasteiger partial charge >= 0.3 is 5.97 Å². The van der Waals surface area contributed by atoms with Crippen LogP contribution in [0, 0.1) is 13.8 Å². The molecule has 0 fully saturated rings. The predicted octanol–water partition coefficient (Wildman–Crippen LogP) is 3.21. The monoisotopic (exact) mass is 523 g/mol. The van der Waals surface area contributed by atoms with Crippen molar-refractivity contribution in [2.45, 2.75) is 26.4 Å². The molecule has 192 valence electrons. The summed E-state index contributed by atoms with van der Waals surface area (Å²) in [5, 5.41) is 26.6. The Morgan fingerprint density at radius 2 is 1.51 bits per heavy atom. The van der Waals surface area contributed by atoms with Crippen molar-refractivity contribution in [3.63, 3.8) is 0 Å². The van der Waals surface area contributed by atoms with Gasteiger partial charge in [0.25, 0.3) is 17.7 Å². The largest absolute Gasteiger partial charge is 0.508 e. The second-order valence-electron chi connectivity index (χ2n) is 8.50. The number of carbonyl (C=O) groups excluding carboxylic acids is 3. The van der Waals surface area contributed by atoms with Crippen LogP contribution in [0.25, 0.3) is 0 Å². The normalized spacial score (nSPS) is 11.3. The third-order valence-corrected chi connectivity index (χ3v) is 5.71. The Balaban J connectivity index is 1.62. The Morgan fingerprint density at radius 3 is 2.14 bits per heavy atom. The van der Waals surface area contributed by atoms with Crippen molar-refractivity contribution in [3.05, 3.63) is 99.1 Å². The van der Waals surface area contributed by atoms with Gasteiger partial charge in [0.05, 0.1) is 10.6 Å². The van der Waals surface area contributed by atoms with E-state index in [0.29, 0.717) is 11.1 Å². The van der Waals surface area contributed by atoms with E-state index in [1.807, 2.05) is 19.9 Å². The highest BCUT2D eigenvalue weighted by Crippen LogP contribution is 2.19. The molecule has 0 aliphatic carbocycles. The van der Waals surface area contributed by atoms with E-state index in [2.05, 4.69) is 16.0 Å². The summed E-state index contributed by atoms with van der Waals surface area (Å²) in [7, 11) is 0. The standard InChI is InChI=1S/C27H26ClN3O6/c1-15-8-16(2)10-19(9-15)25(34)30-14-23(27(36)37)31-26(35)21-7-6-18(12-22(21)28)24(33)29-13-17-4-3-5-20(32)11-17/h3-12,23,32H,13-14H2,1-2H3,(H,29,33)(H,30,34)(H,31,35)(H,36,37)/t23-/m0/s1. The van der Waals surface area contributed by atoms with Gasteiger partial charge in [0.2, 0.25) is 0 Å². The van der Waals surface area contributed by atoms with E-state index in [-0.39, 0.29) is 35.0 Å². The van der Waals surface area contributed by atoms with Crippen molar-refractivity contribution in [1.29, 1.82) is 0 Å². The van der Waals surface area contributed by atoms with Crippen LogP contribution in [0.5, 0.6) is 5.75 Å². The van der Waals surface area contributed by atoms with E-state index in [1.165, 1.54) is 30.3 Å². The number of phenols is 1. The first-order valence-electron chi connectivity index (χ1n) is 11.3. The summed E-state index contributed by atoms with van der Waals surface area (Å²) < 4.78 is 0. The Morgan fingerprint density at radius 1 is 0.838 bits per heavy atom. The molecule has 5 N–H and O–H groups in total. The molecule has 0 saturated heterocycles. The minimum atomic E-state index is -1.41. The van der Waals surface area contributed by atoms with Gasteiger partial charge in [-0.15, -0.1) is 0 Å². The van der Waals surface area contributed by atoms with Gasteiger partial charge in [-0.05, 0) is 61.9 Å². The lowest BCUT2D eigenvalue weighted by molar-refractivity contribution is -0.139. The van der Waals surface area contributed by atoms with Gasteiger partial charge in [-0.1, -0.05) is 40.9 Å². The number of carbonyl (C=O) groups is 4. The molecule has 1 atom stereocenters. The molecule has 0 spiro atoms. The molecule has 0 aliphatic rings. The summed E-state index contributed by atoms with van der Waals surface area (Å²) in [5.41, 5.74) is 3.02. The Hall–Kier alpha value is -4.37. The number of aliphatic carboxylic acids is 1. The molecule has 10 heteroatoms. The number of carboxylic acids is 1. The number of benzene rings is 3. The number of aryl methyl sites for hydroxylation is 2. The second-order valence-corrected chi connectivity index (χ2v) is 8.91. The van der Waals surface area contributed by atoms with Gasteiger partial charge < -0.3 is 26.2 Å². The average molecular weight is 524 g/mol. The third kappa shape index (κ3) is 7.55. The Bertz CT molecular complexity index is 1340. The van der Waals surface area contributed by atoms with Gasteiger partial charge in [-0.2, -0.15) is 0 Å². The summed E-state index contributed by atoms with van der Waals surface area (Å²) in [6, 6.07) is 14.3. The molecule has 0 unspecified atom stereocenters. The smallest absolute Gasteiger partial charge is 0.328 e. The lowest BCUT2D eigenvalue weighted by Crippen LogP contribution is -2.48. The maximum Gasteiger partial charge on any atom is 0.328 e. The van der Waals surface area contributed by atoms with Crippen molar-refractivity contribution in [2.24, 2.45) is 0 Å². The van der Waals surface area contributed by atoms with E-state index in [9.17, 15) is 29.4 Å². The van der Waals surface area contributed by atoms with Gasteiger partial charge in [0, 0.05) is 24.2 Å². The maximum absolute atomic E-state index is 12.7. The van der Waals surface area contributed by atoms with Gasteiger partial charge in [-0.25, -0.2) is 4.79 Å². The van der Waals surface area contributed by atoms with E-state index in [4.69, 9.17) is 11.6 Å². The van der Waals surface area contributed by atoms with E-state index < -0.39 is 29.7 Å². The first-order chi connectivity index (χ1) is 17.5. The molecule has 3 rings (SSSR count). The molecule has 3 amide bonds. The third-order valence-electron chi connectivity index (χ3n) is 5.39. The number of amides is 3. The summed E-state index contributed by atoms with van der Waals surface area (Å²) >= 11 is 6.22. The van der Waals surface area contributed by atoms with Crippen LogP contribution in [0.4, 0.5) is 0 Å². The fourth-order valence-electron chi connectivity index (χ4n) is 3.63. The number of halogens is 1. The Labute approximate surface area is 218 Å². The van der Waals surface area contributed by atoms with Crippen LogP contribution in [-0.4, -0.2) is 46.5 Å². The zero-order valence-electron chi connectivity index (χ0n) is 20.2. The number of phenolic OH excluding ortho intramolecular Hbond substituents is 1. The minimum Gasteiger partial charge on any atom is -0.508 e. The average Bonchev–Trinajstić information content (AvgIpc) is 2.83. The molecule has 0 heterocycles. The molecule has 3 aromatic rings. The molecular weight excluding hydrogens is 498 g/mol. The van der Waals surface area contributed by atoms with Crippen LogP contribution < -0.4 is 16.0 Å². The van der Waals surface area contributed by atoms with E-state index >= 15 is 0 Å². The summed E-state index contributed by atoms with van der Waals surface area (Å²) in [4.78, 5) is 49.3. The van der Waals surface area contributed by atoms with Crippen molar-refractivity contribution in [1.82, 2.24) is 16.0 Å². The first kappa shape index (κ1) is 27.2. The molecule has 0 saturated carbocycles.